The fourth-order valence-electron chi connectivity index (χ4n) is 4.79. The number of rotatable bonds is 6. The van der Waals surface area contributed by atoms with E-state index in [1.165, 1.54) is 12.1 Å². The molecule has 8 nitrogen and oxygen atoms in total. The van der Waals surface area contributed by atoms with Gasteiger partial charge in [0.05, 0.1) is 5.02 Å². The molecule has 1 aliphatic carbocycles. The predicted octanol–water partition coefficient (Wildman–Crippen LogP) is 4.85. The van der Waals surface area contributed by atoms with Crippen molar-refractivity contribution in [3.8, 4) is 11.8 Å². The molecule has 0 amide bonds. The Bertz CT molecular complexity index is 1210. The summed E-state index contributed by atoms with van der Waals surface area (Å²) >= 11 is 5.76. The van der Waals surface area contributed by atoms with Crippen LogP contribution in [0, 0.1) is 24.6 Å². The van der Waals surface area contributed by atoms with Crippen LogP contribution in [0.2, 0.25) is 5.02 Å². The third kappa shape index (κ3) is 5.26. The van der Waals surface area contributed by atoms with E-state index in [1.807, 2.05) is 13.0 Å². The van der Waals surface area contributed by atoms with Crippen LogP contribution in [0.3, 0.4) is 0 Å². The number of alkyl halides is 3. The summed E-state index contributed by atoms with van der Waals surface area (Å²) in [7, 11) is 0. The van der Waals surface area contributed by atoms with E-state index in [0.717, 1.165) is 43.5 Å². The first-order valence-electron chi connectivity index (χ1n) is 11.1. The highest BCUT2D eigenvalue weighted by Crippen LogP contribution is 2.40. The van der Waals surface area contributed by atoms with Gasteiger partial charge in [-0.25, -0.2) is 19.0 Å². The van der Waals surface area contributed by atoms with E-state index in [-0.39, 0.29) is 40.6 Å². The lowest BCUT2D eigenvalue weighted by molar-refractivity contribution is -0.143. The van der Waals surface area contributed by atoms with Gasteiger partial charge in [-0.3, -0.25) is 0 Å². The van der Waals surface area contributed by atoms with Crippen LogP contribution in [-0.2, 0) is 6.54 Å². The predicted molar refractivity (Wildman–Crippen MR) is 120 cm³/mol. The number of ether oxygens (including phenoxy) is 1. The summed E-state index contributed by atoms with van der Waals surface area (Å²) in [4.78, 5) is 14.9. The van der Waals surface area contributed by atoms with Gasteiger partial charge >= 0.3 is 12.2 Å². The molecule has 3 aromatic rings. The minimum atomic E-state index is -4.54. The van der Waals surface area contributed by atoms with Crippen LogP contribution >= 0.6 is 11.6 Å². The average molecular weight is 512 g/mol. The lowest BCUT2D eigenvalue weighted by atomic mass is 9.92. The number of aromatic nitrogens is 5. The summed E-state index contributed by atoms with van der Waals surface area (Å²) in [6.45, 7) is 2.04. The summed E-state index contributed by atoms with van der Waals surface area (Å²) < 4.78 is 59.1. The second-order valence-corrected chi connectivity index (χ2v) is 9.27. The zero-order valence-electron chi connectivity index (χ0n) is 18.6. The molecule has 0 spiro atoms. The lowest BCUT2D eigenvalue weighted by Gasteiger charge is -2.38. The Morgan fingerprint density at radius 3 is 2.54 bits per heavy atom. The summed E-state index contributed by atoms with van der Waals surface area (Å²) in [5.41, 5.74) is 0.886. The summed E-state index contributed by atoms with van der Waals surface area (Å²) in [5, 5.41) is 7.05. The molecule has 1 saturated heterocycles. The molecule has 1 saturated carbocycles. The van der Waals surface area contributed by atoms with Crippen molar-refractivity contribution >= 4 is 23.4 Å². The van der Waals surface area contributed by atoms with E-state index in [2.05, 4.69) is 30.3 Å². The number of piperidine rings is 1. The van der Waals surface area contributed by atoms with Gasteiger partial charge in [0.15, 0.2) is 0 Å². The molecular weight excluding hydrogens is 490 g/mol. The van der Waals surface area contributed by atoms with Crippen molar-refractivity contribution in [1.29, 1.82) is 0 Å². The maximum absolute atomic E-state index is 13.4. The van der Waals surface area contributed by atoms with Crippen molar-refractivity contribution in [3.63, 3.8) is 0 Å². The fraction of sp³-hybridized carbons (Fsp3) is 0.455. The normalized spacial score (nSPS) is 21.9. The highest BCUT2D eigenvalue weighted by molar-refractivity contribution is 6.30. The Kier molecular flexibility index (Phi) is 6.16. The largest absolute Gasteiger partial charge is 0.424 e. The standard InChI is InChI=1S/C22H22ClF4N7O/c1-12-6-18(29-11-28-12)33-8-13-2-3-14(9-33)19(13)30-20-31-21(34(32-20)10-22(25,26)27)35-15-4-5-17(24)16(23)7-15/h4-7,11,13-14,19H,2-3,8-10H2,1H3,(H,30,32)/t13-,14+,19?. The number of hydrogen-bond donors (Lipinski definition) is 1. The highest BCUT2D eigenvalue weighted by Gasteiger charge is 2.43. The van der Waals surface area contributed by atoms with Gasteiger partial charge < -0.3 is 15.0 Å². The van der Waals surface area contributed by atoms with E-state index in [0.29, 0.717) is 4.68 Å². The molecule has 1 unspecified atom stereocenters. The molecule has 0 radical (unpaired) electrons. The maximum Gasteiger partial charge on any atom is 0.408 e. The molecular formula is C22H22ClF4N7O. The second kappa shape index (κ2) is 9.14. The first-order valence-corrected chi connectivity index (χ1v) is 11.5. The zero-order chi connectivity index (χ0) is 24.7. The van der Waals surface area contributed by atoms with Crippen molar-refractivity contribution < 1.29 is 22.3 Å². The Morgan fingerprint density at radius 1 is 1.14 bits per heavy atom. The highest BCUT2D eigenvalue weighted by atomic mass is 35.5. The number of nitrogens with one attached hydrogen (secondary N) is 1. The van der Waals surface area contributed by atoms with E-state index in [9.17, 15) is 17.6 Å². The number of anilines is 2. The van der Waals surface area contributed by atoms with E-state index in [4.69, 9.17) is 16.3 Å². The van der Waals surface area contributed by atoms with Gasteiger partial charge in [0.1, 0.15) is 30.3 Å². The van der Waals surface area contributed by atoms with Crippen molar-refractivity contribution in [3.05, 3.63) is 47.1 Å². The van der Waals surface area contributed by atoms with Gasteiger partial charge in [-0.1, -0.05) is 11.6 Å². The van der Waals surface area contributed by atoms with Crippen molar-refractivity contribution in [1.82, 2.24) is 24.7 Å². The minimum Gasteiger partial charge on any atom is -0.424 e. The van der Waals surface area contributed by atoms with Gasteiger partial charge in [0.25, 0.3) is 0 Å². The van der Waals surface area contributed by atoms with Gasteiger partial charge in [0, 0.05) is 37.0 Å². The summed E-state index contributed by atoms with van der Waals surface area (Å²) in [6.07, 6.45) is -1.04. The van der Waals surface area contributed by atoms with Gasteiger partial charge in [-0.15, -0.1) is 5.10 Å². The van der Waals surface area contributed by atoms with Crippen molar-refractivity contribution in [2.75, 3.05) is 23.3 Å². The van der Waals surface area contributed by atoms with Crippen molar-refractivity contribution in [2.24, 2.45) is 11.8 Å². The number of hydrogen-bond acceptors (Lipinski definition) is 7. The molecule has 1 N–H and O–H groups in total. The molecule has 3 heterocycles. The van der Waals surface area contributed by atoms with Crippen LogP contribution in [0.15, 0.2) is 30.6 Å². The molecule has 13 heteroatoms. The van der Waals surface area contributed by atoms with E-state index in [1.54, 1.807) is 6.33 Å². The Labute approximate surface area is 203 Å². The monoisotopic (exact) mass is 511 g/mol. The third-order valence-corrected chi connectivity index (χ3v) is 6.60. The number of halogens is 5. The van der Waals surface area contributed by atoms with E-state index >= 15 is 0 Å². The SMILES string of the molecule is Cc1cc(N2C[C@H]3CC[C@@H](C2)C3Nc2nc(Oc3ccc(F)c(Cl)c3)n(CC(F)(F)F)n2)ncn1. The van der Waals surface area contributed by atoms with Gasteiger partial charge in [0.2, 0.25) is 5.95 Å². The van der Waals surface area contributed by atoms with Crippen molar-refractivity contribution in [2.45, 2.75) is 38.5 Å². The second-order valence-electron chi connectivity index (χ2n) is 8.86. The first-order chi connectivity index (χ1) is 16.6. The topological polar surface area (TPSA) is 81.0 Å². The Hall–Kier alpha value is -3.15. The lowest BCUT2D eigenvalue weighted by Crippen LogP contribution is -2.48. The average Bonchev–Trinajstić information content (AvgIpc) is 3.24. The Balaban J connectivity index is 1.34. The van der Waals surface area contributed by atoms with E-state index < -0.39 is 18.5 Å². The number of benzene rings is 1. The zero-order valence-corrected chi connectivity index (χ0v) is 19.4. The van der Waals surface area contributed by atoms with Gasteiger partial charge in [-0.05, 0) is 43.7 Å². The molecule has 2 bridgehead atoms. The molecule has 1 aliphatic heterocycles. The van der Waals surface area contributed by atoms with Crippen LogP contribution in [0.25, 0.3) is 0 Å². The Morgan fingerprint density at radius 2 is 1.89 bits per heavy atom. The maximum atomic E-state index is 13.4. The number of aryl methyl sites for hydroxylation is 1. The summed E-state index contributed by atoms with van der Waals surface area (Å²) in [5.74, 6) is 0.793. The molecule has 2 fully saturated rings. The molecule has 186 valence electrons. The number of nitrogens with zero attached hydrogens (tertiary/aromatic N) is 6. The van der Waals surface area contributed by atoms with Crippen LogP contribution < -0.4 is 15.0 Å². The molecule has 2 aliphatic rings. The number of fused-ring (bicyclic) bond motifs is 2. The molecule has 3 atom stereocenters. The molecule has 2 aromatic heterocycles. The van der Waals surface area contributed by atoms with Crippen LogP contribution in [0.5, 0.6) is 11.8 Å². The molecule has 35 heavy (non-hydrogen) atoms. The van der Waals surface area contributed by atoms with Crippen LogP contribution in [-0.4, -0.2) is 50.0 Å². The summed E-state index contributed by atoms with van der Waals surface area (Å²) in [6, 6.07) is 5.07. The quantitative estimate of drug-likeness (QED) is 0.474. The molecule has 5 rings (SSSR count). The molecule has 1 aromatic carbocycles. The van der Waals surface area contributed by atoms with Gasteiger partial charge in [-0.2, -0.15) is 18.2 Å². The van der Waals surface area contributed by atoms with Crippen LogP contribution in [0.1, 0.15) is 18.5 Å². The fourth-order valence-corrected chi connectivity index (χ4v) is 4.96. The van der Waals surface area contributed by atoms with Crippen LogP contribution in [0.4, 0.5) is 29.3 Å². The minimum absolute atomic E-state index is 0.00374. The first kappa shape index (κ1) is 23.6. The smallest absolute Gasteiger partial charge is 0.408 e. The third-order valence-electron chi connectivity index (χ3n) is 6.31.